The molecule has 7 N–H and O–H groups in total. The Morgan fingerprint density at radius 3 is 2.10 bits per heavy atom. The number of rotatable bonds is 5. The van der Waals surface area contributed by atoms with E-state index in [0.29, 0.717) is 0 Å². The Morgan fingerprint density at radius 2 is 1.71 bits per heavy atom. The summed E-state index contributed by atoms with van der Waals surface area (Å²) >= 11 is 0. The lowest BCUT2D eigenvalue weighted by atomic mass is 9.98. The highest BCUT2D eigenvalue weighted by atomic mass is 32.3. The van der Waals surface area contributed by atoms with Crippen LogP contribution in [0, 0.1) is 0 Å². The van der Waals surface area contributed by atoms with Gasteiger partial charge in [-0.15, -0.1) is 0 Å². The van der Waals surface area contributed by atoms with Gasteiger partial charge < -0.3 is 34.9 Å². The van der Waals surface area contributed by atoms with Gasteiger partial charge in [-0.25, -0.2) is 9.09 Å². The number of hydrogen-bond donors (Lipinski definition) is 7. The molecule has 0 aliphatic carbocycles. The van der Waals surface area contributed by atoms with Crippen molar-refractivity contribution in [1.29, 1.82) is 0 Å². The van der Waals surface area contributed by atoms with Gasteiger partial charge in [-0.1, -0.05) is 0 Å². The van der Waals surface area contributed by atoms with E-state index >= 15 is 0 Å². The van der Waals surface area contributed by atoms with Crippen molar-refractivity contribution < 1.29 is 61.2 Å². The summed E-state index contributed by atoms with van der Waals surface area (Å²) in [5, 5.41) is 37.4. The van der Waals surface area contributed by atoms with E-state index in [4.69, 9.17) is 19.4 Å². The maximum atomic E-state index is 10.8. The fourth-order valence-electron chi connectivity index (χ4n) is 1.58. The van der Waals surface area contributed by atoms with Crippen LogP contribution in [-0.2, 0) is 28.4 Å². The molecule has 0 saturated carbocycles. The lowest BCUT2D eigenvalue weighted by molar-refractivity contribution is -0.413. The molecule has 0 amide bonds. The minimum atomic E-state index is -5.57. The van der Waals surface area contributed by atoms with Crippen LogP contribution in [0.3, 0.4) is 0 Å². The maximum absolute atomic E-state index is 10.8. The Labute approximate surface area is 117 Å². The van der Waals surface area contributed by atoms with E-state index in [0.717, 1.165) is 0 Å². The molecule has 1 rings (SSSR count). The van der Waals surface area contributed by atoms with E-state index in [1.54, 1.807) is 0 Å². The summed E-state index contributed by atoms with van der Waals surface area (Å²) in [6, 6.07) is 0. The average molecular weight is 356 g/mol. The van der Waals surface area contributed by atoms with Gasteiger partial charge in [0.1, 0.15) is 18.3 Å². The number of aliphatic hydroxyl groups is 4. The van der Waals surface area contributed by atoms with Crippen molar-refractivity contribution in [3.63, 3.8) is 0 Å². The summed E-state index contributed by atoms with van der Waals surface area (Å²) in [5.74, 6) is -3.58. The second-order valence-electron chi connectivity index (χ2n) is 3.96. The van der Waals surface area contributed by atoms with Gasteiger partial charge in [0.15, 0.2) is 6.10 Å². The molecule has 15 heteroatoms. The van der Waals surface area contributed by atoms with Gasteiger partial charge in [-0.05, 0) is 0 Å². The monoisotopic (exact) mass is 356 g/mol. The lowest BCUT2D eigenvalue weighted by Gasteiger charge is -2.45. The highest BCUT2D eigenvalue weighted by Gasteiger charge is 2.60. The van der Waals surface area contributed by atoms with Crippen molar-refractivity contribution in [2.24, 2.45) is 0 Å². The lowest BCUT2D eigenvalue weighted by Crippen LogP contribution is -2.67. The van der Waals surface area contributed by atoms with Gasteiger partial charge in [0.2, 0.25) is 0 Å². The third-order valence-corrected chi connectivity index (χ3v) is 3.32. The van der Waals surface area contributed by atoms with E-state index in [9.17, 15) is 28.3 Å². The fourth-order valence-corrected chi connectivity index (χ4v) is 2.62. The van der Waals surface area contributed by atoms with Crippen LogP contribution >= 0.6 is 7.82 Å². The number of phosphoric ester groups is 1. The average Bonchev–Trinajstić information content (AvgIpc) is 2.27. The first-order valence-corrected chi connectivity index (χ1v) is 7.98. The largest absolute Gasteiger partial charge is 0.474 e. The predicted octanol–water partition coefficient (Wildman–Crippen LogP) is -3.96. The van der Waals surface area contributed by atoms with E-state index in [2.05, 4.69) is 13.4 Å². The van der Waals surface area contributed by atoms with Gasteiger partial charge in [0.25, 0.3) is 0 Å². The van der Waals surface area contributed by atoms with E-state index in [1.165, 1.54) is 0 Å². The third kappa shape index (κ3) is 4.62. The zero-order valence-electron chi connectivity index (χ0n) is 9.95. The fraction of sp³-hybridized carbons (Fsp3) is 1.00. The van der Waals surface area contributed by atoms with E-state index in [-0.39, 0.29) is 0 Å². The molecule has 13 nitrogen and oxygen atoms in total. The highest BCUT2D eigenvalue weighted by Crippen LogP contribution is 2.47. The first-order valence-electron chi connectivity index (χ1n) is 5.08. The summed E-state index contributed by atoms with van der Waals surface area (Å²) in [4.78, 5) is 17.4. The predicted molar refractivity (Wildman–Crippen MR) is 58.5 cm³/mol. The van der Waals surface area contributed by atoms with Crippen molar-refractivity contribution >= 4 is 18.2 Å². The zero-order chi connectivity index (χ0) is 16.6. The molecule has 1 aliphatic rings. The van der Waals surface area contributed by atoms with Crippen LogP contribution in [0.15, 0.2) is 0 Å². The van der Waals surface area contributed by atoms with Crippen molar-refractivity contribution in [2.45, 2.75) is 30.4 Å². The summed E-state index contributed by atoms with van der Waals surface area (Å²) in [6.45, 7) is -1.08. The summed E-state index contributed by atoms with van der Waals surface area (Å²) in [7, 11) is -11.1. The standard InChI is InChI=1S/C6H13O13PS/c7-1-2-3(8)4(9)5(10)6(17-2,18-20(11,12)13)19-21(14,15)16/h2-5,7-10H,1H2,(H2,11,12,13)(H,14,15,16)/t2-,3-,4+,5+,6?/m1/s1. The Bertz CT molecular complexity index is 511. The molecule has 0 spiro atoms. The smallest absolute Gasteiger partial charge is 0.394 e. The number of ether oxygens (including phenoxy) is 1. The van der Waals surface area contributed by atoms with Gasteiger partial charge in [-0.3, -0.25) is 4.55 Å². The van der Waals surface area contributed by atoms with Crippen LogP contribution in [0.25, 0.3) is 0 Å². The van der Waals surface area contributed by atoms with E-state index in [1.807, 2.05) is 0 Å². The number of aliphatic hydroxyl groups excluding tert-OH is 4. The first kappa shape index (κ1) is 18.8. The molecular weight excluding hydrogens is 343 g/mol. The summed E-state index contributed by atoms with van der Waals surface area (Å²) in [5.41, 5.74) is 0. The molecule has 1 heterocycles. The molecule has 1 fully saturated rings. The molecule has 0 bridgehead atoms. The SMILES string of the molecule is O=P(O)(O)OC1(OS(=O)(=O)O)O[C@H](CO)[C@@H](O)[C@H](O)[C@@H]1O. The summed E-state index contributed by atoms with van der Waals surface area (Å²) < 4.78 is 53.0. The van der Waals surface area contributed by atoms with Crippen LogP contribution in [-0.4, -0.2) is 80.2 Å². The second-order valence-corrected chi connectivity index (χ2v) is 6.15. The molecule has 1 unspecified atom stereocenters. The second kappa shape index (κ2) is 6.11. The van der Waals surface area contributed by atoms with Crippen LogP contribution < -0.4 is 0 Å². The number of phosphoric acid groups is 1. The molecule has 0 radical (unpaired) electrons. The normalized spacial score (nSPS) is 38.4. The number of hydrogen-bond acceptors (Lipinski definition) is 10. The van der Waals surface area contributed by atoms with Gasteiger partial charge in [0, 0.05) is 0 Å². The van der Waals surface area contributed by atoms with Crippen LogP contribution in [0.2, 0.25) is 0 Å². The van der Waals surface area contributed by atoms with Gasteiger partial charge in [0.05, 0.1) is 6.61 Å². The molecule has 1 saturated heterocycles. The minimum absolute atomic E-state index is 1.08. The van der Waals surface area contributed by atoms with E-state index < -0.39 is 55.2 Å². The molecule has 1 aliphatic heterocycles. The summed E-state index contributed by atoms with van der Waals surface area (Å²) in [6.07, 6.45) is -8.77. The van der Waals surface area contributed by atoms with Gasteiger partial charge >= 0.3 is 24.2 Å². The van der Waals surface area contributed by atoms with Crippen molar-refractivity contribution in [1.82, 2.24) is 0 Å². The minimum Gasteiger partial charge on any atom is -0.394 e. The quantitative estimate of drug-likeness (QED) is 0.142. The topological polar surface area (TPSA) is 221 Å². The highest BCUT2D eigenvalue weighted by molar-refractivity contribution is 7.80. The Hall–Kier alpha value is -0.220. The molecule has 0 aromatic heterocycles. The first-order chi connectivity index (χ1) is 9.31. The van der Waals surface area contributed by atoms with Crippen LogP contribution in [0.4, 0.5) is 0 Å². The molecule has 0 aromatic rings. The Morgan fingerprint density at radius 1 is 1.19 bits per heavy atom. The zero-order valence-corrected chi connectivity index (χ0v) is 11.7. The molecule has 5 atom stereocenters. The van der Waals surface area contributed by atoms with Crippen LogP contribution in [0.5, 0.6) is 0 Å². The molecule has 126 valence electrons. The molecule has 0 aromatic carbocycles. The van der Waals surface area contributed by atoms with Crippen molar-refractivity contribution in [2.75, 3.05) is 6.61 Å². The molecule has 21 heavy (non-hydrogen) atoms. The Kier molecular flexibility index (Phi) is 5.48. The van der Waals surface area contributed by atoms with Crippen LogP contribution in [0.1, 0.15) is 0 Å². The van der Waals surface area contributed by atoms with Gasteiger partial charge in [-0.2, -0.15) is 12.6 Å². The maximum Gasteiger partial charge on any atom is 0.474 e. The third-order valence-electron chi connectivity index (χ3n) is 2.38. The van der Waals surface area contributed by atoms with Crippen molar-refractivity contribution in [3.05, 3.63) is 0 Å². The Balaban J connectivity index is 3.29. The molecular formula is C6H13O13PS. The van der Waals surface area contributed by atoms with Crippen molar-refractivity contribution in [3.8, 4) is 0 Å².